The molecule has 0 fully saturated rings. The van der Waals surface area contributed by atoms with E-state index in [1.165, 1.54) is 29.9 Å². The van der Waals surface area contributed by atoms with Crippen LogP contribution in [0.3, 0.4) is 0 Å². The van der Waals surface area contributed by atoms with Crippen molar-refractivity contribution in [2.24, 2.45) is 0 Å². The molecule has 0 spiro atoms. The summed E-state index contributed by atoms with van der Waals surface area (Å²) in [6.45, 7) is 5.27. The second-order valence-electron chi connectivity index (χ2n) is 6.44. The van der Waals surface area contributed by atoms with Crippen molar-refractivity contribution < 1.29 is 14.1 Å². The van der Waals surface area contributed by atoms with Crippen molar-refractivity contribution >= 4 is 17.3 Å². The Morgan fingerprint density at radius 2 is 2.00 bits per heavy atom. The van der Waals surface area contributed by atoms with Crippen LogP contribution in [0.25, 0.3) is 0 Å². The van der Waals surface area contributed by atoms with E-state index < -0.39 is 4.92 Å². The average molecular weight is 386 g/mol. The van der Waals surface area contributed by atoms with E-state index in [0.29, 0.717) is 17.9 Å². The van der Waals surface area contributed by atoms with Gasteiger partial charge in [-0.05, 0) is 38.5 Å². The molecule has 10 heteroatoms. The number of carbonyl (C=O) groups excluding carboxylic acids is 1. The third-order valence-electron chi connectivity index (χ3n) is 4.29. The first kappa shape index (κ1) is 19.2. The Balaban J connectivity index is 1.73. The first-order chi connectivity index (χ1) is 13.2. The molecule has 2 aromatic heterocycles. The van der Waals surface area contributed by atoms with Gasteiger partial charge in [0.05, 0.1) is 28.5 Å². The molecule has 0 atom stereocenters. The molecule has 2 heterocycles. The Labute approximate surface area is 159 Å². The van der Waals surface area contributed by atoms with E-state index in [1.807, 2.05) is 0 Å². The fraction of sp³-hybridized carbons (Fsp3) is 0.278. The van der Waals surface area contributed by atoms with E-state index in [0.717, 1.165) is 11.3 Å². The zero-order chi connectivity index (χ0) is 20.4. The van der Waals surface area contributed by atoms with E-state index in [9.17, 15) is 19.3 Å². The number of aryl methyl sites for hydroxylation is 2. The quantitative estimate of drug-likeness (QED) is 0.518. The van der Waals surface area contributed by atoms with Crippen LogP contribution in [0, 0.1) is 36.7 Å². The number of amides is 1. The minimum absolute atomic E-state index is 0.136. The van der Waals surface area contributed by atoms with Crippen molar-refractivity contribution in [2.75, 3.05) is 5.32 Å². The number of carbonyl (C=O) groups is 1. The lowest BCUT2D eigenvalue weighted by Gasteiger charge is -2.07. The Morgan fingerprint density at radius 1 is 1.25 bits per heavy atom. The van der Waals surface area contributed by atoms with Crippen LogP contribution in [0.1, 0.15) is 22.6 Å². The van der Waals surface area contributed by atoms with E-state index >= 15 is 0 Å². The summed E-state index contributed by atoms with van der Waals surface area (Å²) >= 11 is 0. The molecule has 3 rings (SSSR count). The average Bonchev–Trinajstić information content (AvgIpc) is 3.09. The van der Waals surface area contributed by atoms with Crippen molar-refractivity contribution in [3.05, 3.63) is 69.0 Å². The SMILES string of the molecule is Cc1nn(CC(=O)Nc2c(C)nn(Cc3cccc(F)c3)c2C)cc1[N+](=O)[O-]. The fourth-order valence-corrected chi connectivity index (χ4v) is 2.93. The van der Waals surface area contributed by atoms with Gasteiger partial charge in [-0.1, -0.05) is 12.1 Å². The van der Waals surface area contributed by atoms with Gasteiger partial charge >= 0.3 is 5.69 Å². The van der Waals surface area contributed by atoms with Crippen molar-refractivity contribution in [1.29, 1.82) is 0 Å². The molecule has 0 bridgehead atoms. The summed E-state index contributed by atoms with van der Waals surface area (Å²) < 4.78 is 16.3. The molecule has 28 heavy (non-hydrogen) atoms. The second kappa shape index (κ2) is 7.59. The summed E-state index contributed by atoms with van der Waals surface area (Å²) in [6, 6.07) is 6.23. The molecule has 0 aliphatic heterocycles. The van der Waals surface area contributed by atoms with Gasteiger partial charge in [-0.25, -0.2) is 4.39 Å². The van der Waals surface area contributed by atoms with Crippen LogP contribution in [0.4, 0.5) is 15.8 Å². The number of nitrogens with zero attached hydrogens (tertiary/aromatic N) is 5. The van der Waals surface area contributed by atoms with Crippen molar-refractivity contribution in [2.45, 2.75) is 33.9 Å². The van der Waals surface area contributed by atoms with Gasteiger partial charge in [-0.2, -0.15) is 10.2 Å². The lowest BCUT2D eigenvalue weighted by Crippen LogP contribution is -2.20. The van der Waals surface area contributed by atoms with E-state index in [2.05, 4.69) is 15.5 Å². The number of benzene rings is 1. The van der Waals surface area contributed by atoms with Gasteiger partial charge in [-0.3, -0.25) is 24.3 Å². The standard InChI is InChI=1S/C18H19FN6O3/c1-11-16(25(27)28)9-23(21-11)10-17(26)20-18-12(2)22-24(13(18)3)8-14-5-4-6-15(19)7-14/h4-7,9H,8,10H2,1-3H3,(H,20,26). The molecule has 0 unspecified atom stereocenters. The number of aromatic nitrogens is 4. The number of nitro groups is 1. The van der Waals surface area contributed by atoms with E-state index in [1.54, 1.807) is 30.7 Å². The summed E-state index contributed by atoms with van der Waals surface area (Å²) in [6.07, 6.45) is 1.22. The zero-order valence-electron chi connectivity index (χ0n) is 15.6. The third-order valence-corrected chi connectivity index (χ3v) is 4.29. The summed E-state index contributed by atoms with van der Waals surface area (Å²) in [5.74, 6) is -0.704. The number of nitrogens with one attached hydrogen (secondary N) is 1. The molecule has 9 nitrogen and oxygen atoms in total. The van der Waals surface area contributed by atoms with Gasteiger partial charge in [0, 0.05) is 0 Å². The summed E-state index contributed by atoms with van der Waals surface area (Å²) in [5.41, 5.74) is 2.75. The molecule has 0 aliphatic carbocycles. The van der Waals surface area contributed by atoms with Gasteiger partial charge < -0.3 is 5.32 Å². The molecule has 1 amide bonds. The molecule has 0 saturated carbocycles. The smallest absolute Gasteiger partial charge is 0.309 e. The van der Waals surface area contributed by atoms with Crippen LogP contribution in [0.15, 0.2) is 30.5 Å². The van der Waals surface area contributed by atoms with Crippen LogP contribution in [-0.4, -0.2) is 30.4 Å². The molecule has 3 aromatic rings. The van der Waals surface area contributed by atoms with Crippen LogP contribution < -0.4 is 5.32 Å². The second-order valence-corrected chi connectivity index (χ2v) is 6.44. The Hall–Kier alpha value is -3.56. The molecule has 146 valence electrons. The number of hydrogen-bond acceptors (Lipinski definition) is 5. The molecule has 1 N–H and O–H groups in total. The van der Waals surface area contributed by atoms with Crippen LogP contribution in [0.5, 0.6) is 0 Å². The Bertz CT molecular complexity index is 1060. The largest absolute Gasteiger partial charge is 0.321 e. The van der Waals surface area contributed by atoms with Crippen LogP contribution in [0.2, 0.25) is 0 Å². The molecule has 0 radical (unpaired) electrons. The maximum absolute atomic E-state index is 13.4. The van der Waals surface area contributed by atoms with Gasteiger partial charge in [0.25, 0.3) is 0 Å². The normalized spacial score (nSPS) is 10.9. The van der Waals surface area contributed by atoms with Gasteiger partial charge in [-0.15, -0.1) is 0 Å². The monoisotopic (exact) mass is 386 g/mol. The van der Waals surface area contributed by atoms with Crippen molar-refractivity contribution in [3.63, 3.8) is 0 Å². The minimum Gasteiger partial charge on any atom is -0.321 e. The summed E-state index contributed by atoms with van der Waals surface area (Å²) in [4.78, 5) is 22.7. The zero-order valence-corrected chi connectivity index (χ0v) is 15.6. The van der Waals surface area contributed by atoms with Crippen molar-refractivity contribution in [1.82, 2.24) is 19.6 Å². The maximum atomic E-state index is 13.4. The van der Waals surface area contributed by atoms with Gasteiger partial charge in [0.15, 0.2) is 0 Å². The highest BCUT2D eigenvalue weighted by molar-refractivity contribution is 5.91. The first-order valence-corrected chi connectivity index (χ1v) is 8.51. The lowest BCUT2D eigenvalue weighted by atomic mass is 10.2. The predicted molar refractivity (Wildman–Crippen MR) is 99.5 cm³/mol. The maximum Gasteiger partial charge on any atom is 0.309 e. The Kier molecular flexibility index (Phi) is 5.21. The fourth-order valence-electron chi connectivity index (χ4n) is 2.93. The highest BCUT2D eigenvalue weighted by Crippen LogP contribution is 2.21. The van der Waals surface area contributed by atoms with Gasteiger partial charge in [0.1, 0.15) is 24.3 Å². The minimum atomic E-state index is -0.540. The summed E-state index contributed by atoms with van der Waals surface area (Å²) in [7, 11) is 0. The Morgan fingerprint density at radius 3 is 2.64 bits per heavy atom. The predicted octanol–water partition coefficient (Wildman–Crippen LogP) is 2.74. The number of rotatable bonds is 6. The molecule has 0 aliphatic rings. The van der Waals surface area contributed by atoms with E-state index in [-0.39, 0.29) is 29.7 Å². The van der Waals surface area contributed by atoms with Crippen molar-refractivity contribution in [3.8, 4) is 0 Å². The first-order valence-electron chi connectivity index (χ1n) is 8.51. The number of anilines is 1. The van der Waals surface area contributed by atoms with Crippen LogP contribution >= 0.6 is 0 Å². The highest BCUT2D eigenvalue weighted by atomic mass is 19.1. The number of halogens is 1. The van der Waals surface area contributed by atoms with Crippen LogP contribution in [-0.2, 0) is 17.9 Å². The number of hydrogen-bond donors (Lipinski definition) is 1. The highest BCUT2D eigenvalue weighted by Gasteiger charge is 2.18. The topological polar surface area (TPSA) is 108 Å². The lowest BCUT2D eigenvalue weighted by molar-refractivity contribution is -0.385. The van der Waals surface area contributed by atoms with E-state index in [4.69, 9.17) is 0 Å². The summed E-state index contributed by atoms with van der Waals surface area (Å²) in [5, 5.41) is 22.1. The molecule has 1 aromatic carbocycles. The molecule has 0 saturated heterocycles. The molecular formula is C18H19FN6O3. The molecular weight excluding hydrogens is 367 g/mol. The van der Waals surface area contributed by atoms with Gasteiger partial charge in [0.2, 0.25) is 5.91 Å². The third kappa shape index (κ3) is 4.05.